The minimum absolute atomic E-state index is 0.0852. The van der Waals surface area contributed by atoms with Gasteiger partial charge in [0.2, 0.25) is 0 Å². The monoisotopic (exact) mass is 375 g/mol. The first kappa shape index (κ1) is 17.8. The van der Waals surface area contributed by atoms with Crippen molar-refractivity contribution in [1.29, 1.82) is 0 Å². The summed E-state index contributed by atoms with van der Waals surface area (Å²) >= 11 is 6.04. The van der Waals surface area contributed by atoms with E-state index in [4.69, 9.17) is 16.3 Å². The summed E-state index contributed by atoms with van der Waals surface area (Å²) in [7, 11) is 0. The van der Waals surface area contributed by atoms with Crippen LogP contribution in [0.1, 0.15) is 44.1 Å². The smallest absolute Gasteiger partial charge is 0.310 e. The van der Waals surface area contributed by atoms with Crippen LogP contribution in [0.2, 0.25) is 5.02 Å². The van der Waals surface area contributed by atoms with Crippen molar-refractivity contribution in [3.05, 3.63) is 34.9 Å². The summed E-state index contributed by atoms with van der Waals surface area (Å²) in [5, 5.41) is 3.57. The SMILES string of the molecule is O=C(COC(=O)Cc1ccccc1Cl)NCC12CC3CC(CC(C3)C1)C2. The molecule has 4 bridgehead atoms. The topological polar surface area (TPSA) is 55.4 Å². The molecule has 140 valence electrons. The Labute approximate surface area is 159 Å². The van der Waals surface area contributed by atoms with Gasteiger partial charge in [-0.1, -0.05) is 29.8 Å². The van der Waals surface area contributed by atoms with Crippen molar-refractivity contribution in [2.45, 2.75) is 44.9 Å². The van der Waals surface area contributed by atoms with Crippen LogP contribution in [0.5, 0.6) is 0 Å². The molecule has 5 heteroatoms. The van der Waals surface area contributed by atoms with Gasteiger partial charge in [0.15, 0.2) is 6.61 Å². The van der Waals surface area contributed by atoms with Gasteiger partial charge in [0.25, 0.3) is 5.91 Å². The van der Waals surface area contributed by atoms with E-state index in [0.29, 0.717) is 16.0 Å². The molecule has 26 heavy (non-hydrogen) atoms. The van der Waals surface area contributed by atoms with Crippen LogP contribution in [0, 0.1) is 23.2 Å². The van der Waals surface area contributed by atoms with Gasteiger partial charge in [-0.05, 0) is 73.3 Å². The van der Waals surface area contributed by atoms with Crippen molar-refractivity contribution in [2.24, 2.45) is 23.2 Å². The van der Waals surface area contributed by atoms with E-state index in [0.717, 1.165) is 24.3 Å². The number of halogens is 1. The number of carbonyl (C=O) groups is 2. The fraction of sp³-hybridized carbons (Fsp3) is 0.619. The Morgan fingerprint density at radius 1 is 1.08 bits per heavy atom. The molecule has 1 aromatic carbocycles. The molecule has 1 aromatic rings. The molecule has 0 aliphatic heterocycles. The van der Waals surface area contributed by atoms with Crippen molar-refractivity contribution in [3.8, 4) is 0 Å². The zero-order valence-corrected chi connectivity index (χ0v) is 15.8. The lowest BCUT2D eigenvalue weighted by Gasteiger charge is -2.56. The Hall–Kier alpha value is -1.55. The Morgan fingerprint density at radius 3 is 2.31 bits per heavy atom. The normalized spacial score (nSPS) is 31.7. The van der Waals surface area contributed by atoms with E-state index in [-0.39, 0.29) is 18.9 Å². The van der Waals surface area contributed by atoms with Gasteiger partial charge in [0.1, 0.15) is 0 Å². The number of nitrogens with one attached hydrogen (secondary N) is 1. The highest BCUT2D eigenvalue weighted by molar-refractivity contribution is 6.31. The number of carbonyl (C=O) groups excluding carboxylic acids is 2. The first-order valence-electron chi connectivity index (χ1n) is 9.67. The summed E-state index contributed by atoms with van der Waals surface area (Å²) in [4.78, 5) is 24.1. The maximum atomic E-state index is 12.1. The van der Waals surface area contributed by atoms with Crippen molar-refractivity contribution in [3.63, 3.8) is 0 Å². The highest BCUT2D eigenvalue weighted by atomic mass is 35.5. The van der Waals surface area contributed by atoms with Gasteiger partial charge in [0, 0.05) is 11.6 Å². The standard InChI is InChI=1S/C21H26ClNO3/c22-18-4-2-1-3-17(18)8-20(25)26-12-19(24)23-13-21-9-14-5-15(10-21)7-16(6-14)11-21/h1-4,14-16H,5-13H2,(H,23,24). The van der Waals surface area contributed by atoms with Crippen LogP contribution in [0.15, 0.2) is 24.3 Å². The number of rotatable bonds is 6. The lowest BCUT2D eigenvalue weighted by Crippen LogP contribution is -2.51. The van der Waals surface area contributed by atoms with Crippen LogP contribution in [0.25, 0.3) is 0 Å². The third-order valence-corrected chi connectivity index (χ3v) is 6.85. The van der Waals surface area contributed by atoms with Crippen molar-refractivity contribution in [2.75, 3.05) is 13.2 Å². The maximum absolute atomic E-state index is 12.1. The van der Waals surface area contributed by atoms with Crippen LogP contribution >= 0.6 is 11.6 Å². The number of benzene rings is 1. The Bertz CT molecular complexity index is 667. The lowest BCUT2D eigenvalue weighted by atomic mass is 9.49. The fourth-order valence-electron chi connectivity index (χ4n) is 5.84. The number of amides is 1. The van der Waals surface area contributed by atoms with E-state index >= 15 is 0 Å². The second-order valence-corrected chi connectivity index (χ2v) is 9.03. The van der Waals surface area contributed by atoms with Crippen LogP contribution in [-0.2, 0) is 20.7 Å². The highest BCUT2D eigenvalue weighted by Gasteiger charge is 2.50. The molecule has 1 N–H and O–H groups in total. The summed E-state index contributed by atoms with van der Waals surface area (Å²) in [5.41, 5.74) is 1.01. The van der Waals surface area contributed by atoms with Crippen molar-refractivity contribution >= 4 is 23.5 Å². The van der Waals surface area contributed by atoms with Gasteiger partial charge in [0.05, 0.1) is 6.42 Å². The summed E-state index contributed by atoms with van der Waals surface area (Å²) in [6, 6.07) is 7.17. The van der Waals surface area contributed by atoms with Crippen LogP contribution in [-0.4, -0.2) is 25.0 Å². The zero-order valence-electron chi connectivity index (χ0n) is 15.0. The van der Waals surface area contributed by atoms with E-state index in [9.17, 15) is 9.59 Å². The van der Waals surface area contributed by atoms with Crippen LogP contribution in [0.4, 0.5) is 0 Å². The summed E-state index contributed by atoms with van der Waals surface area (Å²) in [6.45, 7) is 0.521. The highest BCUT2D eigenvalue weighted by Crippen LogP contribution is 2.59. The average Bonchev–Trinajstić information content (AvgIpc) is 2.59. The molecular weight excluding hydrogens is 350 g/mol. The predicted octanol–water partition coefficient (Wildman–Crippen LogP) is 3.76. The molecule has 4 aliphatic carbocycles. The van der Waals surface area contributed by atoms with Gasteiger partial charge < -0.3 is 10.1 Å². The number of hydrogen-bond acceptors (Lipinski definition) is 3. The van der Waals surface area contributed by atoms with Gasteiger partial charge in [-0.25, -0.2) is 0 Å². The Morgan fingerprint density at radius 2 is 1.69 bits per heavy atom. The van der Waals surface area contributed by atoms with E-state index in [1.807, 2.05) is 12.1 Å². The molecule has 4 saturated carbocycles. The molecule has 0 atom stereocenters. The summed E-state index contributed by atoms with van der Waals surface area (Å²) in [6.07, 6.45) is 8.04. The Balaban J connectivity index is 1.22. The van der Waals surface area contributed by atoms with Gasteiger partial charge in [-0.2, -0.15) is 0 Å². The largest absolute Gasteiger partial charge is 0.455 e. The van der Waals surface area contributed by atoms with Gasteiger partial charge in [-0.3, -0.25) is 9.59 Å². The molecular formula is C21H26ClNO3. The Kier molecular flexibility index (Phi) is 4.96. The molecule has 1 amide bonds. The maximum Gasteiger partial charge on any atom is 0.310 e. The van der Waals surface area contributed by atoms with Crippen molar-refractivity contribution in [1.82, 2.24) is 5.32 Å². The third-order valence-electron chi connectivity index (χ3n) is 6.48. The van der Waals surface area contributed by atoms with E-state index in [1.54, 1.807) is 12.1 Å². The molecule has 5 rings (SSSR count). The molecule has 4 nitrogen and oxygen atoms in total. The van der Waals surface area contributed by atoms with Crippen LogP contribution < -0.4 is 5.32 Å². The lowest BCUT2D eigenvalue weighted by molar-refractivity contribution is -0.148. The van der Waals surface area contributed by atoms with E-state index in [1.165, 1.54) is 38.5 Å². The first-order chi connectivity index (χ1) is 12.5. The zero-order chi connectivity index (χ0) is 18.1. The van der Waals surface area contributed by atoms with E-state index < -0.39 is 5.97 Å². The summed E-state index contributed by atoms with van der Waals surface area (Å²) < 4.78 is 5.12. The first-order valence-corrected chi connectivity index (χ1v) is 10.0. The van der Waals surface area contributed by atoms with Gasteiger partial charge >= 0.3 is 5.97 Å². The second-order valence-electron chi connectivity index (χ2n) is 8.62. The van der Waals surface area contributed by atoms with Gasteiger partial charge in [-0.15, -0.1) is 0 Å². The fourth-order valence-corrected chi connectivity index (χ4v) is 6.04. The molecule has 0 aromatic heterocycles. The molecule has 0 unspecified atom stereocenters. The third kappa shape index (κ3) is 3.90. The number of hydrogen-bond donors (Lipinski definition) is 1. The number of esters is 1. The minimum atomic E-state index is -0.428. The quantitative estimate of drug-likeness (QED) is 0.770. The molecule has 0 spiro atoms. The molecule has 4 aliphatic rings. The minimum Gasteiger partial charge on any atom is -0.455 e. The summed E-state index contributed by atoms with van der Waals surface area (Å²) in [5.74, 6) is 1.97. The second kappa shape index (κ2) is 7.22. The van der Waals surface area contributed by atoms with Crippen LogP contribution in [0.3, 0.4) is 0 Å². The average molecular weight is 376 g/mol. The number of ether oxygens (including phenoxy) is 1. The molecule has 0 heterocycles. The van der Waals surface area contributed by atoms with E-state index in [2.05, 4.69) is 5.32 Å². The predicted molar refractivity (Wildman–Crippen MR) is 99.7 cm³/mol. The molecule has 4 fully saturated rings. The molecule has 0 saturated heterocycles. The van der Waals surface area contributed by atoms with Crippen molar-refractivity contribution < 1.29 is 14.3 Å². The molecule has 0 radical (unpaired) electrons.